The molecule has 2 aromatic rings. The normalized spacial score (nSPS) is 15.4. The molecule has 1 aliphatic carbocycles. The van der Waals surface area contributed by atoms with Crippen LogP contribution in [-0.4, -0.2) is 19.6 Å². The van der Waals surface area contributed by atoms with Crippen molar-refractivity contribution < 1.29 is 13.2 Å². The van der Waals surface area contributed by atoms with Gasteiger partial charge in [0, 0.05) is 15.7 Å². The summed E-state index contributed by atoms with van der Waals surface area (Å²) in [5.41, 5.74) is 1.81. The first-order chi connectivity index (χ1) is 13.3. The first-order valence-corrected chi connectivity index (χ1v) is 11.9. The van der Waals surface area contributed by atoms with Gasteiger partial charge in [-0.2, -0.15) is 0 Å². The van der Waals surface area contributed by atoms with Gasteiger partial charge in [-0.05, 0) is 48.2 Å². The Hall–Kier alpha value is -1.56. The number of hydrogen-bond donors (Lipinski definition) is 1. The van der Waals surface area contributed by atoms with Crippen LogP contribution >= 0.6 is 23.2 Å². The monoisotopic (exact) mass is 439 g/mol. The molecule has 3 rings (SSSR count). The van der Waals surface area contributed by atoms with Gasteiger partial charge < -0.3 is 5.32 Å². The highest BCUT2D eigenvalue weighted by Crippen LogP contribution is 2.27. The maximum atomic E-state index is 12.7. The largest absolute Gasteiger partial charge is 0.326 e. The van der Waals surface area contributed by atoms with Gasteiger partial charge in [-0.3, -0.25) is 4.79 Å². The molecule has 1 N–H and O–H groups in total. The molecule has 0 atom stereocenters. The van der Waals surface area contributed by atoms with Gasteiger partial charge in [-0.25, -0.2) is 8.42 Å². The molecule has 7 heteroatoms. The smallest absolute Gasteiger partial charge is 0.228 e. The predicted octanol–water partition coefficient (Wildman–Crippen LogP) is 5.42. The summed E-state index contributed by atoms with van der Waals surface area (Å²) in [6, 6.07) is 12.1. The van der Waals surface area contributed by atoms with E-state index in [0.29, 0.717) is 26.9 Å². The lowest BCUT2D eigenvalue weighted by atomic mass is 10.0. The molecule has 1 fully saturated rings. The Morgan fingerprint density at radius 3 is 2.32 bits per heavy atom. The molecule has 0 aromatic heterocycles. The molecule has 4 nitrogen and oxygen atoms in total. The van der Waals surface area contributed by atoms with Crippen molar-refractivity contribution in [1.29, 1.82) is 0 Å². The molecule has 0 spiro atoms. The predicted molar refractivity (Wildman–Crippen MR) is 115 cm³/mol. The average molecular weight is 440 g/mol. The summed E-state index contributed by atoms with van der Waals surface area (Å²) in [7, 11) is -3.19. The Kier molecular flexibility index (Phi) is 7.02. The molecule has 0 radical (unpaired) electrons. The zero-order valence-electron chi connectivity index (χ0n) is 15.5. The molecule has 2 aromatic carbocycles. The van der Waals surface area contributed by atoms with Crippen LogP contribution in [0.5, 0.6) is 0 Å². The number of benzene rings is 2. The van der Waals surface area contributed by atoms with Gasteiger partial charge in [0.25, 0.3) is 0 Å². The minimum Gasteiger partial charge on any atom is -0.326 e. The van der Waals surface area contributed by atoms with Gasteiger partial charge in [-0.15, -0.1) is 0 Å². The quantitative estimate of drug-likeness (QED) is 0.652. The highest BCUT2D eigenvalue weighted by atomic mass is 35.5. The van der Waals surface area contributed by atoms with E-state index in [4.69, 9.17) is 23.2 Å². The Balaban J connectivity index is 1.67. The summed E-state index contributed by atoms with van der Waals surface area (Å²) in [5.74, 6) is -0.264. The fraction of sp³-hybridized carbons (Fsp3) is 0.381. The average Bonchev–Trinajstić information content (AvgIpc) is 2.65. The standard InChI is InChI=1S/C21H23Cl2NO3S/c22-19-10-5-11-20(23)18(19)13-21(25)24-16-7-4-6-15(12-16)14-28(26,27)17-8-2-1-3-9-17/h4-7,10-12,17H,1-3,8-9,13-14H2,(H,24,25). The van der Waals surface area contributed by atoms with E-state index in [1.54, 1.807) is 42.5 Å². The molecule has 0 saturated heterocycles. The van der Waals surface area contributed by atoms with Crippen molar-refractivity contribution in [2.75, 3.05) is 5.32 Å². The SMILES string of the molecule is O=C(Cc1c(Cl)cccc1Cl)Nc1cccc(CS(=O)(=O)C2CCCCC2)c1. The highest BCUT2D eigenvalue weighted by Gasteiger charge is 2.27. The number of amides is 1. The molecule has 1 amide bonds. The Bertz CT molecular complexity index is 934. The number of anilines is 1. The summed E-state index contributed by atoms with van der Waals surface area (Å²) in [4.78, 5) is 12.4. The first-order valence-electron chi connectivity index (χ1n) is 9.38. The fourth-order valence-electron chi connectivity index (χ4n) is 3.58. The number of halogens is 2. The zero-order valence-corrected chi connectivity index (χ0v) is 17.8. The van der Waals surface area contributed by atoms with Crippen molar-refractivity contribution in [3.8, 4) is 0 Å². The number of hydrogen-bond acceptors (Lipinski definition) is 3. The summed E-state index contributed by atoms with van der Waals surface area (Å²) >= 11 is 12.2. The van der Waals surface area contributed by atoms with Crippen LogP contribution < -0.4 is 5.32 Å². The van der Waals surface area contributed by atoms with E-state index in [1.807, 2.05) is 0 Å². The molecular weight excluding hydrogens is 417 g/mol. The Morgan fingerprint density at radius 2 is 1.64 bits per heavy atom. The highest BCUT2D eigenvalue weighted by molar-refractivity contribution is 7.91. The second-order valence-electron chi connectivity index (χ2n) is 7.19. The van der Waals surface area contributed by atoms with E-state index in [-0.39, 0.29) is 23.3 Å². The van der Waals surface area contributed by atoms with E-state index >= 15 is 0 Å². The molecule has 0 bridgehead atoms. The molecule has 1 aliphatic rings. The van der Waals surface area contributed by atoms with Crippen LogP contribution in [0.4, 0.5) is 5.69 Å². The van der Waals surface area contributed by atoms with Crippen LogP contribution in [0.15, 0.2) is 42.5 Å². The van der Waals surface area contributed by atoms with Gasteiger partial charge >= 0.3 is 0 Å². The van der Waals surface area contributed by atoms with Gasteiger partial charge in [-0.1, -0.05) is 60.7 Å². The van der Waals surface area contributed by atoms with Crippen molar-refractivity contribution in [3.05, 3.63) is 63.6 Å². The lowest BCUT2D eigenvalue weighted by Gasteiger charge is -2.21. The fourth-order valence-corrected chi connectivity index (χ4v) is 6.04. The second kappa shape index (κ2) is 9.29. The van der Waals surface area contributed by atoms with E-state index in [0.717, 1.165) is 32.1 Å². The van der Waals surface area contributed by atoms with Crippen molar-refractivity contribution in [2.24, 2.45) is 0 Å². The molecule has 1 saturated carbocycles. The van der Waals surface area contributed by atoms with Crippen molar-refractivity contribution >= 4 is 44.6 Å². The summed E-state index contributed by atoms with van der Waals surface area (Å²) in [6.07, 6.45) is 4.61. The minimum absolute atomic E-state index is 0.00226. The van der Waals surface area contributed by atoms with Crippen LogP contribution in [0.3, 0.4) is 0 Å². The van der Waals surface area contributed by atoms with E-state index in [1.165, 1.54) is 0 Å². The summed E-state index contributed by atoms with van der Waals surface area (Å²) in [6.45, 7) is 0. The van der Waals surface area contributed by atoms with E-state index in [2.05, 4.69) is 5.32 Å². The third kappa shape index (κ3) is 5.49. The van der Waals surface area contributed by atoms with E-state index < -0.39 is 9.84 Å². The van der Waals surface area contributed by atoms with E-state index in [9.17, 15) is 13.2 Å². The van der Waals surface area contributed by atoms with Gasteiger partial charge in [0.15, 0.2) is 9.84 Å². The number of carbonyl (C=O) groups excluding carboxylic acids is 1. The Morgan fingerprint density at radius 1 is 1.00 bits per heavy atom. The minimum atomic E-state index is -3.19. The molecule has 150 valence electrons. The third-order valence-electron chi connectivity index (χ3n) is 5.04. The molecule has 0 heterocycles. The zero-order chi connectivity index (χ0) is 20.1. The topological polar surface area (TPSA) is 63.2 Å². The molecule has 28 heavy (non-hydrogen) atoms. The van der Waals surface area contributed by atoms with Gasteiger partial charge in [0.1, 0.15) is 0 Å². The first kappa shape index (κ1) is 21.2. The number of sulfone groups is 1. The van der Waals surface area contributed by atoms with Crippen molar-refractivity contribution in [1.82, 2.24) is 0 Å². The summed E-state index contributed by atoms with van der Waals surface area (Å²) in [5, 5.41) is 3.43. The molecule has 0 unspecified atom stereocenters. The number of rotatable bonds is 6. The van der Waals surface area contributed by atoms with Crippen LogP contribution in [0, 0.1) is 0 Å². The number of nitrogens with one attached hydrogen (secondary N) is 1. The van der Waals surface area contributed by atoms with Crippen LogP contribution in [0.25, 0.3) is 0 Å². The van der Waals surface area contributed by atoms with Gasteiger partial charge in [0.05, 0.1) is 17.4 Å². The maximum Gasteiger partial charge on any atom is 0.228 e. The maximum absolute atomic E-state index is 12.7. The van der Waals surface area contributed by atoms with Crippen LogP contribution in [0.2, 0.25) is 10.0 Å². The summed E-state index contributed by atoms with van der Waals surface area (Å²) < 4.78 is 25.4. The lowest BCUT2D eigenvalue weighted by molar-refractivity contribution is -0.115. The molecular formula is C21H23Cl2NO3S. The Labute approximate surface area is 176 Å². The van der Waals surface area contributed by atoms with Gasteiger partial charge in [0.2, 0.25) is 5.91 Å². The molecule has 0 aliphatic heterocycles. The third-order valence-corrected chi connectivity index (χ3v) is 7.97. The second-order valence-corrected chi connectivity index (χ2v) is 10.3. The van der Waals surface area contributed by atoms with Crippen molar-refractivity contribution in [3.63, 3.8) is 0 Å². The van der Waals surface area contributed by atoms with Crippen LogP contribution in [-0.2, 0) is 26.8 Å². The lowest BCUT2D eigenvalue weighted by Crippen LogP contribution is -2.25. The number of carbonyl (C=O) groups is 1. The van der Waals surface area contributed by atoms with Crippen molar-refractivity contribution in [2.45, 2.75) is 49.5 Å². The van der Waals surface area contributed by atoms with Crippen LogP contribution in [0.1, 0.15) is 43.2 Å².